The number of thiophene rings is 1. The minimum atomic E-state index is -0.710. The number of hydrogen-bond acceptors (Lipinski definition) is 6. The molecule has 0 bridgehead atoms. The third-order valence-electron chi connectivity index (χ3n) is 4.62. The fourth-order valence-corrected chi connectivity index (χ4v) is 4.11. The third kappa shape index (κ3) is 3.10. The highest BCUT2D eigenvalue weighted by Gasteiger charge is 2.46. The van der Waals surface area contributed by atoms with Crippen LogP contribution in [0.25, 0.3) is 5.76 Å². The molecule has 0 saturated carbocycles. The van der Waals surface area contributed by atoms with Gasteiger partial charge in [-0.15, -0.1) is 11.3 Å². The first-order chi connectivity index (χ1) is 13.6. The summed E-state index contributed by atoms with van der Waals surface area (Å²) in [5.41, 5.74) is 0.516. The number of carbonyl (C=O) groups excluding carboxylic acids is 2. The van der Waals surface area contributed by atoms with Gasteiger partial charge in [0.15, 0.2) is 0 Å². The van der Waals surface area contributed by atoms with Crippen LogP contribution in [0.1, 0.15) is 22.2 Å². The predicted octanol–water partition coefficient (Wildman–Crippen LogP) is 3.97. The average molecular weight is 395 g/mol. The van der Waals surface area contributed by atoms with Crippen molar-refractivity contribution in [2.45, 2.75) is 12.6 Å². The Morgan fingerprint density at radius 2 is 1.96 bits per heavy atom. The summed E-state index contributed by atoms with van der Waals surface area (Å²) in [7, 11) is 1.55. The van der Waals surface area contributed by atoms with Gasteiger partial charge in [-0.25, -0.2) is 0 Å². The van der Waals surface area contributed by atoms with Crippen molar-refractivity contribution in [2.24, 2.45) is 0 Å². The number of benzene rings is 1. The van der Waals surface area contributed by atoms with E-state index >= 15 is 0 Å². The second-order valence-corrected chi connectivity index (χ2v) is 7.23. The summed E-state index contributed by atoms with van der Waals surface area (Å²) in [4.78, 5) is 27.8. The normalized spacial score (nSPS) is 18.6. The average Bonchev–Trinajstić information content (AvgIpc) is 3.46. The first kappa shape index (κ1) is 18.1. The number of ketones is 1. The smallest absolute Gasteiger partial charge is 0.296 e. The van der Waals surface area contributed by atoms with E-state index in [9.17, 15) is 14.7 Å². The van der Waals surface area contributed by atoms with Crippen LogP contribution in [0, 0.1) is 0 Å². The SMILES string of the molecule is COc1ccc(C(O)=C2C(=O)C(=O)N(Cc3ccco3)[C@@H]2c2cccs2)cc1. The maximum absolute atomic E-state index is 12.8. The topological polar surface area (TPSA) is 80.0 Å². The summed E-state index contributed by atoms with van der Waals surface area (Å²) in [6.45, 7) is 0.138. The molecule has 1 saturated heterocycles. The van der Waals surface area contributed by atoms with E-state index in [4.69, 9.17) is 9.15 Å². The standard InChI is InChI=1S/C21H17NO5S/c1-26-14-8-6-13(7-9-14)19(23)17-18(16-5-3-11-28-16)22(21(25)20(17)24)12-15-4-2-10-27-15/h2-11,18,23H,12H2,1H3/t18-/m1/s1. The third-order valence-corrected chi connectivity index (χ3v) is 5.55. The Labute approximate surface area is 165 Å². The quantitative estimate of drug-likeness (QED) is 0.402. The zero-order chi connectivity index (χ0) is 19.7. The van der Waals surface area contributed by atoms with Crippen molar-refractivity contribution in [3.63, 3.8) is 0 Å². The molecule has 0 radical (unpaired) electrons. The summed E-state index contributed by atoms with van der Waals surface area (Å²) >= 11 is 1.42. The molecule has 3 aromatic rings. The number of likely N-dealkylation sites (tertiary alicyclic amines) is 1. The summed E-state index contributed by atoms with van der Waals surface area (Å²) in [6, 6.07) is 13.2. The lowest BCUT2D eigenvalue weighted by molar-refractivity contribution is -0.140. The maximum Gasteiger partial charge on any atom is 0.296 e. The van der Waals surface area contributed by atoms with E-state index in [1.54, 1.807) is 43.5 Å². The van der Waals surface area contributed by atoms with Crippen LogP contribution in [0.4, 0.5) is 0 Å². The highest BCUT2D eigenvalue weighted by Crippen LogP contribution is 2.41. The van der Waals surface area contributed by atoms with E-state index in [1.807, 2.05) is 17.5 Å². The van der Waals surface area contributed by atoms with Gasteiger partial charge in [-0.2, -0.15) is 0 Å². The Balaban J connectivity index is 1.81. The molecular weight excluding hydrogens is 378 g/mol. The molecular formula is C21H17NO5S. The van der Waals surface area contributed by atoms with Gasteiger partial charge in [-0.3, -0.25) is 9.59 Å². The van der Waals surface area contributed by atoms with Crippen molar-refractivity contribution in [3.8, 4) is 5.75 Å². The number of nitrogens with zero attached hydrogens (tertiary/aromatic N) is 1. The van der Waals surface area contributed by atoms with Crippen molar-refractivity contribution in [3.05, 3.63) is 81.9 Å². The lowest BCUT2D eigenvalue weighted by Crippen LogP contribution is -2.28. The number of amides is 1. The van der Waals surface area contributed by atoms with Crippen LogP contribution in [0.2, 0.25) is 0 Å². The molecule has 142 valence electrons. The fraction of sp³-hybridized carbons (Fsp3) is 0.143. The molecule has 1 atom stereocenters. The molecule has 7 heteroatoms. The largest absolute Gasteiger partial charge is 0.507 e. The minimum Gasteiger partial charge on any atom is -0.507 e. The molecule has 6 nitrogen and oxygen atoms in total. The zero-order valence-electron chi connectivity index (χ0n) is 15.0. The number of carbonyl (C=O) groups is 2. The van der Waals surface area contributed by atoms with E-state index < -0.39 is 17.7 Å². The van der Waals surface area contributed by atoms with Gasteiger partial charge in [-0.1, -0.05) is 6.07 Å². The molecule has 1 N–H and O–H groups in total. The molecule has 1 aliphatic heterocycles. The molecule has 3 heterocycles. The molecule has 1 fully saturated rings. The van der Waals surface area contributed by atoms with Gasteiger partial charge in [0.25, 0.3) is 11.7 Å². The first-order valence-electron chi connectivity index (χ1n) is 8.58. The van der Waals surface area contributed by atoms with E-state index in [1.165, 1.54) is 22.5 Å². The van der Waals surface area contributed by atoms with Gasteiger partial charge in [0.1, 0.15) is 23.3 Å². The van der Waals surface area contributed by atoms with Crippen molar-refractivity contribution in [1.29, 1.82) is 0 Å². The summed E-state index contributed by atoms with van der Waals surface area (Å²) in [6.07, 6.45) is 1.52. The molecule has 0 unspecified atom stereocenters. The highest BCUT2D eigenvalue weighted by atomic mass is 32.1. The van der Waals surface area contributed by atoms with Crippen molar-refractivity contribution in [2.75, 3.05) is 7.11 Å². The van der Waals surface area contributed by atoms with E-state index in [0.29, 0.717) is 17.1 Å². The Bertz CT molecular complexity index is 1020. The molecule has 1 amide bonds. The Hall–Kier alpha value is -3.32. The lowest BCUT2D eigenvalue weighted by Gasteiger charge is -2.23. The van der Waals surface area contributed by atoms with E-state index in [-0.39, 0.29) is 17.9 Å². The van der Waals surface area contributed by atoms with Crippen LogP contribution < -0.4 is 4.74 Å². The Morgan fingerprint density at radius 3 is 2.57 bits per heavy atom. The van der Waals surface area contributed by atoms with Gasteiger partial charge in [0, 0.05) is 10.4 Å². The van der Waals surface area contributed by atoms with Gasteiger partial charge in [0.05, 0.1) is 25.5 Å². The molecule has 4 rings (SSSR count). The molecule has 0 aliphatic carbocycles. The molecule has 0 spiro atoms. The fourth-order valence-electron chi connectivity index (χ4n) is 3.26. The Kier molecular flexibility index (Phi) is 4.75. The molecule has 28 heavy (non-hydrogen) atoms. The van der Waals surface area contributed by atoms with Crippen LogP contribution in [0.15, 0.2) is 70.2 Å². The summed E-state index contributed by atoms with van der Waals surface area (Å²) in [5.74, 6) is -0.387. The van der Waals surface area contributed by atoms with Crippen molar-refractivity contribution >= 4 is 28.8 Å². The minimum absolute atomic E-state index is 0.0733. The molecule has 1 aromatic carbocycles. The number of methoxy groups -OCH3 is 1. The van der Waals surface area contributed by atoms with Crippen molar-refractivity contribution < 1.29 is 23.8 Å². The van der Waals surface area contributed by atoms with Crippen LogP contribution in [-0.2, 0) is 16.1 Å². The van der Waals surface area contributed by atoms with Gasteiger partial charge in [0.2, 0.25) is 0 Å². The number of ether oxygens (including phenoxy) is 1. The van der Waals surface area contributed by atoms with Gasteiger partial charge in [-0.05, 0) is 47.8 Å². The lowest BCUT2D eigenvalue weighted by atomic mass is 10.00. The van der Waals surface area contributed by atoms with Crippen LogP contribution >= 0.6 is 11.3 Å². The van der Waals surface area contributed by atoms with Crippen molar-refractivity contribution in [1.82, 2.24) is 4.90 Å². The predicted molar refractivity (Wildman–Crippen MR) is 104 cm³/mol. The first-order valence-corrected chi connectivity index (χ1v) is 9.46. The maximum atomic E-state index is 12.8. The van der Waals surface area contributed by atoms with E-state index in [2.05, 4.69) is 0 Å². The zero-order valence-corrected chi connectivity index (χ0v) is 15.8. The van der Waals surface area contributed by atoms with Crippen LogP contribution in [0.5, 0.6) is 5.75 Å². The highest BCUT2D eigenvalue weighted by molar-refractivity contribution is 7.10. The number of hydrogen-bond donors (Lipinski definition) is 1. The number of furan rings is 1. The Morgan fingerprint density at radius 1 is 1.18 bits per heavy atom. The van der Waals surface area contributed by atoms with Crippen LogP contribution in [0.3, 0.4) is 0 Å². The molecule has 2 aromatic heterocycles. The second-order valence-electron chi connectivity index (χ2n) is 6.25. The number of rotatable bonds is 5. The van der Waals surface area contributed by atoms with Crippen LogP contribution in [-0.4, -0.2) is 28.8 Å². The second kappa shape index (κ2) is 7.36. The monoisotopic (exact) mass is 395 g/mol. The number of aliphatic hydroxyl groups is 1. The van der Waals surface area contributed by atoms with E-state index in [0.717, 1.165) is 4.88 Å². The summed E-state index contributed by atoms with van der Waals surface area (Å²) < 4.78 is 10.5. The summed E-state index contributed by atoms with van der Waals surface area (Å²) in [5, 5.41) is 12.8. The number of Topliss-reactive ketones (excluding diaryl/α,β-unsaturated/α-hetero) is 1. The molecule has 1 aliphatic rings. The van der Waals surface area contributed by atoms with Gasteiger partial charge >= 0.3 is 0 Å². The number of aliphatic hydroxyl groups excluding tert-OH is 1. The van der Waals surface area contributed by atoms with Gasteiger partial charge < -0.3 is 19.2 Å².